The predicted octanol–water partition coefficient (Wildman–Crippen LogP) is 4.07. The molecule has 0 bridgehead atoms. The number of thiocarbonyl (C=S) groups is 1. The molecule has 2 N–H and O–H groups in total. The first kappa shape index (κ1) is 19.2. The lowest BCUT2D eigenvalue weighted by atomic mass is 9.89. The van der Waals surface area contributed by atoms with E-state index in [4.69, 9.17) is 28.6 Å². The lowest BCUT2D eigenvalue weighted by Gasteiger charge is -2.36. The van der Waals surface area contributed by atoms with Crippen LogP contribution in [0, 0.1) is 0 Å². The summed E-state index contributed by atoms with van der Waals surface area (Å²) in [5, 5.41) is 14.0. The molecule has 0 spiro atoms. The fourth-order valence-corrected chi connectivity index (χ4v) is 3.58. The number of methoxy groups -OCH3 is 1. The Labute approximate surface area is 168 Å². The number of nitrogens with zero attached hydrogens (tertiary/aromatic N) is 1. The van der Waals surface area contributed by atoms with Crippen LogP contribution in [0.3, 0.4) is 0 Å². The number of carbonyl (C=O) groups is 1. The average Bonchev–Trinajstić information content (AvgIpc) is 2.68. The standard InChI is InChI=1S/C20H19ClN2O3S/c1-11-15(18(24)12-7-5-4-6-8-12)17(22-20(27)23(11)2)13-9-10-14(26-3)19(25)16(13)21/h4-10,17,25H,1-3H3,(H,22,27). The highest BCUT2D eigenvalue weighted by Crippen LogP contribution is 2.42. The van der Waals surface area contributed by atoms with Crippen LogP contribution in [0.1, 0.15) is 28.9 Å². The third kappa shape index (κ3) is 3.38. The Bertz CT molecular complexity index is 944. The van der Waals surface area contributed by atoms with Crippen LogP contribution in [-0.2, 0) is 0 Å². The number of allylic oxidation sites excluding steroid dienone is 1. The molecule has 0 aromatic heterocycles. The van der Waals surface area contributed by atoms with Crippen LogP contribution in [0.4, 0.5) is 0 Å². The van der Waals surface area contributed by atoms with Crippen LogP contribution in [0.15, 0.2) is 53.7 Å². The number of nitrogens with one attached hydrogen (secondary N) is 1. The van der Waals surface area contributed by atoms with Gasteiger partial charge in [0.25, 0.3) is 0 Å². The van der Waals surface area contributed by atoms with Crippen molar-refractivity contribution in [1.82, 2.24) is 10.2 Å². The number of ketones is 1. The van der Waals surface area contributed by atoms with Gasteiger partial charge in [-0.1, -0.05) is 48.0 Å². The molecule has 0 radical (unpaired) electrons. The normalized spacial score (nSPS) is 17.0. The van der Waals surface area contributed by atoms with Gasteiger partial charge in [-0.3, -0.25) is 4.79 Å². The van der Waals surface area contributed by atoms with Gasteiger partial charge in [0, 0.05) is 29.4 Å². The number of hydrogen-bond acceptors (Lipinski definition) is 4. The average molecular weight is 403 g/mol. The highest BCUT2D eigenvalue weighted by atomic mass is 35.5. The van der Waals surface area contributed by atoms with Crippen LogP contribution in [0.25, 0.3) is 0 Å². The maximum Gasteiger partial charge on any atom is 0.193 e. The van der Waals surface area contributed by atoms with E-state index in [0.717, 1.165) is 5.70 Å². The minimum absolute atomic E-state index is 0.116. The molecule has 0 amide bonds. The second-order valence-corrected chi connectivity index (χ2v) is 6.92. The van der Waals surface area contributed by atoms with E-state index in [-0.39, 0.29) is 22.3 Å². The van der Waals surface area contributed by atoms with Crippen molar-refractivity contribution in [3.63, 3.8) is 0 Å². The molecule has 0 saturated heterocycles. The SMILES string of the molecule is COc1ccc(C2NC(=S)N(C)C(C)=C2C(=O)c2ccccc2)c(Cl)c1O. The number of halogens is 1. The van der Waals surface area contributed by atoms with Gasteiger partial charge >= 0.3 is 0 Å². The summed E-state index contributed by atoms with van der Waals surface area (Å²) in [4.78, 5) is 15.0. The number of phenolic OH excluding ortho intramolecular Hbond substituents is 1. The van der Waals surface area contributed by atoms with Crippen LogP contribution in [0.5, 0.6) is 11.5 Å². The lowest BCUT2D eigenvalue weighted by molar-refractivity contribution is 0.102. The molecule has 0 saturated carbocycles. The van der Waals surface area contributed by atoms with Crippen molar-refractivity contribution < 1.29 is 14.6 Å². The van der Waals surface area contributed by atoms with Crippen molar-refractivity contribution in [2.45, 2.75) is 13.0 Å². The number of rotatable bonds is 4. The molecular weight excluding hydrogens is 384 g/mol. The lowest BCUT2D eigenvalue weighted by Crippen LogP contribution is -2.45. The van der Waals surface area contributed by atoms with E-state index in [1.54, 1.807) is 36.2 Å². The second kappa shape index (κ2) is 7.58. The Morgan fingerprint density at radius 1 is 1.26 bits per heavy atom. The van der Waals surface area contributed by atoms with Gasteiger partial charge in [-0.05, 0) is 25.2 Å². The first-order valence-electron chi connectivity index (χ1n) is 8.27. The summed E-state index contributed by atoms with van der Waals surface area (Å²) in [6.07, 6.45) is 0. The zero-order chi connectivity index (χ0) is 19.7. The largest absolute Gasteiger partial charge is 0.503 e. The van der Waals surface area contributed by atoms with Crippen molar-refractivity contribution in [2.75, 3.05) is 14.2 Å². The molecular formula is C20H19ClN2O3S. The van der Waals surface area contributed by atoms with E-state index in [9.17, 15) is 9.90 Å². The molecule has 1 heterocycles. The summed E-state index contributed by atoms with van der Waals surface area (Å²) in [6.45, 7) is 1.84. The summed E-state index contributed by atoms with van der Waals surface area (Å²) in [6, 6.07) is 11.8. The summed E-state index contributed by atoms with van der Waals surface area (Å²) < 4.78 is 5.10. The molecule has 3 rings (SSSR count). The summed E-state index contributed by atoms with van der Waals surface area (Å²) in [5.41, 5.74) is 2.35. The Hall–Kier alpha value is -2.57. The van der Waals surface area contributed by atoms with E-state index in [0.29, 0.717) is 21.8 Å². The zero-order valence-electron chi connectivity index (χ0n) is 15.1. The minimum Gasteiger partial charge on any atom is -0.503 e. The maximum atomic E-state index is 13.3. The Kier molecular flexibility index (Phi) is 5.39. The van der Waals surface area contributed by atoms with E-state index in [1.807, 2.05) is 25.1 Å². The first-order valence-corrected chi connectivity index (χ1v) is 9.05. The molecule has 5 nitrogen and oxygen atoms in total. The van der Waals surface area contributed by atoms with Gasteiger partial charge in [0.05, 0.1) is 18.2 Å². The number of Topliss-reactive ketones (excluding diaryl/α,β-unsaturated/α-hetero) is 1. The number of aromatic hydroxyl groups is 1. The zero-order valence-corrected chi connectivity index (χ0v) is 16.7. The smallest absolute Gasteiger partial charge is 0.193 e. The topological polar surface area (TPSA) is 61.8 Å². The monoisotopic (exact) mass is 402 g/mol. The summed E-state index contributed by atoms with van der Waals surface area (Å²) in [5.74, 6) is -0.0466. The molecule has 27 heavy (non-hydrogen) atoms. The fraction of sp³-hybridized carbons (Fsp3) is 0.200. The molecule has 140 valence electrons. The molecule has 2 aromatic rings. The molecule has 0 fully saturated rings. The van der Waals surface area contributed by atoms with Gasteiger partial charge in [0.2, 0.25) is 0 Å². The second-order valence-electron chi connectivity index (χ2n) is 6.16. The van der Waals surface area contributed by atoms with E-state index < -0.39 is 6.04 Å². The number of benzene rings is 2. The van der Waals surface area contributed by atoms with Gasteiger partial charge < -0.3 is 20.1 Å². The highest BCUT2D eigenvalue weighted by molar-refractivity contribution is 7.80. The Morgan fingerprint density at radius 2 is 1.93 bits per heavy atom. The molecule has 1 atom stereocenters. The van der Waals surface area contributed by atoms with Gasteiger partial charge in [-0.25, -0.2) is 0 Å². The van der Waals surface area contributed by atoms with Crippen molar-refractivity contribution in [3.05, 3.63) is 69.9 Å². The van der Waals surface area contributed by atoms with Gasteiger partial charge in [0.15, 0.2) is 22.4 Å². The Balaban J connectivity index is 2.17. The fourth-order valence-electron chi connectivity index (χ4n) is 3.06. The van der Waals surface area contributed by atoms with E-state index in [1.165, 1.54) is 7.11 Å². The predicted molar refractivity (Wildman–Crippen MR) is 109 cm³/mol. The van der Waals surface area contributed by atoms with Crippen molar-refractivity contribution in [3.8, 4) is 11.5 Å². The molecule has 1 aliphatic heterocycles. The quantitative estimate of drug-likeness (QED) is 0.593. The van der Waals surface area contributed by atoms with Crippen molar-refractivity contribution >= 4 is 34.7 Å². The summed E-state index contributed by atoms with van der Waals surface area (Å²) >= 11 is 11.8. The van der Waals surface area contributed by atoms with Crippen LogP contribution in [0.2, 0.25) is 5.02 Å². The van der Waals surface area contributed by atoms with Gasteiger partial charge in [0.1, 0.15) is 0 Å². The van der Waals surface area contributed by atoms with Crippen LogP contribution >= 0.6 is 23.8 Å². The third-order valence-electron chi connectivity index (χ3n) is 4.67. The van der Waals surface area contributed by atoms with Crippen molar-refractivity contribution in [1.29, 1.82) is 0 Å². The van der Waals surface area contributed by atoms with Crippen molar-refractivity contribution in [2.24, 2.45) is 0 Å². The minimum atomic E-state index is -0.592. The Morgan fingerprint density at radius 3 is 2.56 bits per heavy atom. The highest BCUT2D eigenvalue weighted by Gasteiger charge is 2.34. The van der Waals surface area contributed by atoms with Crippen LogP contribution < -0.4 is 10.1 Å². The number of carbonyl (C=O) groups excluding carboxylic acids is 1. The van der Waals surface area contributed by atoms with Gasteiger partial charge in [-0.15, -0.1) is 0 Å². The summed E-state index contributed by atoms with van der Waals surface area (Å²) in [7, 11) is 3.24. The molecule has 7 heteroatoms. The van der Waals surface area contributed by atoms with Crippen LogP contribution in [-0.4, -0.2) is 35.1 Å². The molecule has 1 aliphatic rings. The van der Waals surface area contributed by atoms with E-state index in [2.05, 4.69) is 5.32 Å². The molecule has 1 unspecified atom stereocenters. The first-order chi connectivity index (χ1) is 12.9. The third-order valence-corrected chi connectivity index (χ3v) is 5.46. The molecule has 2 aromatic carbocycles. The van der Waals surface area contributed by atoms with Gasteiger partial charge in [-0.2, -0.15) is 0 Å². The molecule has 0 aliphatic carbocycles. The number of hydrogen-bond donors (Lipinski definition) is 2. The van der Waals surface area contributed by atoms with E-state index >= 15 is 0 Å². The maximum absolute atomic E-state index is 13.3. The number of phenols is 1. The number of ether oxygens (including phenoxy) is 1.